The maximum atomic E-state index is 12.2. The molecule has 0 bridgehead atoms. The van der Waals surface area contributed by atoms with E-state index in [1.165, 1.54) is 0 Å². The van der Waals surface area contributed by atoms with Gasteiger partial charge in [0.15, 0.2) is 0 Å². The number of nitrogens with one attached hydrogen (secondary N) is 1. The van der Waals surface area contributed by atoms with Crippen LogP contribution in [-0.2, 0) is 11.2 Å². The highest BCUT2D eigenvalue weighted by Gasteiger charge is 2.18. The number of nitrogens with zero attached hydrogens (tertiary/aromatic N) is 2. The van der Waals surface area contributed by atoms with E-state index in [0.717, 1.165) is 11.3 Å². The predicted octanol–water partition coefficient (Wildman–Crippen LogP) is 3.08. The summed E-state index contributed by atoms with van der Waals surface area (Å²) in [4.78, 5) is 12.2. The Balaban J connectivity index is 1.65. The molecule has 1 N–H and O–H groups in total. The zero-order valence-corrected chi connectivity index (χ0v) is 13.1. The summed E-state index contributed by atoms with van der Waals surface area (Å²) in [6.07, 6.45) is 5.38. The maximum absolute atomic E-state index is 12.2. The van der Waals surface area contributed by atoms with Crippen LogP contribution in [0, 0.1) is 0 Å². The van der Waals surface area contributed by atoms with Crippen LogP contribution in [0.4, 0.5) is 0 Å². The molecule has 1 unspecified atom stereocenters. The van der Waals surface area contributed by atoms with Gasteiger partial charge < -0.3 is 9.73 Å². The van der Waals surface area contributed by atoms with Crippen molar-refractivity contribution >= 4 is 17.5 Å². The minimum atomic E-state index is -0.185. The summed E-state index contributed by atoms with van der Waals surface area (Å²) in [5.41, 5.74) is 0.806. The predicted molar refractivity (Wildman–Crippen MR) is 87.2 cm³/mol. The number of amides is 1. The van der Waals surface area contributed by atoms with Crippen LogP contribution in [0.1, 0.15) is 17.4 Å². The zero-order chi connectivity index (χ0) is 16.1. The number of halogens is 1. The number of hydrogen-bond donors (Lipinski definition) is 1. The van der Waals surface area contributed by atoms with E-state index in [9.17, 15) is 4.79 Å². The van der Waals surface area contributed by atoms with Gasteiger partial charge in [0.1, 0.15) is 11.8 Å². The Morgan fingerprint density at radius 3 is 2.83 bits per heavy atom. The molecule has 1 aromatic carbocycles. The smallest absolute Gasteiger partial charge is 0.224 e. The first-order valence-electron chi connectivity index (χ1n) is 7.26. The van der Waals surface area contributed by atoms with Crippen LogP contribution in [0.25, 0.3) is 0 Å². The standard InChI is InChI=1S/C17H16ClN3O2/c18-14-6-2-1-5-13(14)11-17(22)19-12-15(16-7-3-10-23-16)21-9-4-8-20-21/h1-10,15H,11-12H2,(H,19,22). The van der Waals surface area contributed by atoms with Crippen LogP contribution < -0.4 is 5.32 Å². The van der Waals surface area contributed by atoms with Crippen LogP contribution in [0.2, 0.25) is 5.02 Å². The average Bonchev–Trinajstić information content (AvgIpc) is 3.23. The summed E-state index contributed by atoms with van der Waals surface area (Å²) in [5.74, 6) is 0.647. The molecule has 0 aliphatic heterocycles. The summed E-state index contributed by atoms with van der Waals surface area (Å²) in [7, 11) is 0. The Labute approximate surface area is 138 Å². The van der Waals surface area contributed by atoms with Crippen molar-refractivity contribution in [2.75, 3.05) is 6.54 Å². The normalized spacial score (nSPS) is 12.0. The van der Waals surface area contributed by atoms with Gasteiger partial charge in [-0.25, -0.2) is 0 Å². The third-order valence-electron chi connectivity index (χ3n) is 3.52. The second-order valence-corrected chi connectivity index (χ2v) is 5.50. The van der Waals surface area contributed by atoms with Gasteiger partial charge in [0, 0.05) is 24.0 Å². The zero-order valence-electron chi connectivity index (χ0n) is 12.4. The molecule has 5 nitrogen and oxygen atoms in total. The van der Waals surface area contributed by atoms with Crippen molar-refractivity contribution in [2.24, 2.45) is 0 Å². The van der Waals surface area contributed by atoms with Crippen molar-refractivity contribution in [3.63, 3.8) is 0 Å². The van der Waals surface area contributed by atoms with Crippen LogP contribution >= 0.6 is 11.6 Å². The Morgan fingerprint density at radius 2 is 2.13 bits per heavy atom. The van der Waals surface area contributed by atoms with Gasteiger partial charge in [-0.05, 0) is 29.8 Å². The molecule has 0 radical (unpaired) electrons. The first-order valence-corrected chi connectivity index (χ1v) is 7.64. The van der Waals surface area contributed by atoms with E-state index in [1.54, 1.807) is 23.2 Å². The van der Waals surface area contributed by atoms with Gasteiger partial charge in [0.2, 0.25) is 5.91 Å². The Bertz CT molecular complexity index is 720. The van der Waals surface area contributed by atoms with E-state index in [4.69, 9.17) is 16.0 Å². The van der Waals surface area contributed by atoms with E-state index in [0.29, 0.717) is 11.6 Å². The fourth-order valence-electron chi connectivity index (χ4n) is 2.36. The molecule has 0 spiro atoms. The lowest BCUT2D eigenvalue weighted by atomic mass is 10.1. The van der Waals surface area contributed by atoms with Crippen molar-refractivity contribution in [3.8, 4) is 0 Å². The van der Waals surface area contributed by atoms with E-state index in [1.807, 2.05) is 42.6 Å². The van der Waals surface area contributed by atoms with Gasteiger partial charge in [-0.3, -0.25) is 9.48 Å². The minimum Gasteiger partial charge on any atom is -0.467 e. The van der Waals surface area contributed by atoms with E-state index in [-0.39, 0.29) is 18.4 Å². The molecule has 1 atom stereocenters. The molecule has 2 heterocycles. The first-order chi connectivity index (χ1) is 11.2. The highest BCUT2D eigenvalue weighted by Crippen LogP contribution is 2.18. The lowest BCUT2D eigenvalue weighted by Gasteiger charge is -2.16. The van der Waals surface area contributed by atoms with Gasteiger partial charge >= 0.3 is 0 Å². The van der Waals surface area contributed by atoms with Crippen molar-refractivity contribution in [3.05, 3.63) is 77.5 Å². The van der Waals surface area contributed by atoms with Gasteiger partial charge in [-0.15, -0.1) is 0 Å². The molecule has 3 rings (SSSR count). The topological polar surface area (TPSA) is 60.1 Å². The molecule has 1 amide bonds. The lowest BCUT2D eigenvalue weighted by Crippen LogP contribution is -2.32. The van der Waals surface area contributed by atoms with E-state index < -0.39 is 0 Å². The summed E-state index contributed by atoms with van der Waals surface area (Å²) in [6, 6.07) is 12.7. The molecule has 3 aromatic rings. The van der Waals surface area contributed by atoms with Gasteiger partial charge in [0.25, 0.3) is 0 Å². The average molecular weight is 330 g/mol. The van der Waals surface area contributed by atoms with Crippen molar-refractivity contribution in [1.29, 1.82) is 0 Å². The Kier molecular flexibility index (Phi) is 4.78. The van der Waals surface area contributed by atoms with Crippen molar-refractivity contribution in [1.82, 2.24) is 15.1 Å². The molecule has 0 aliphatic rings. The third-order valence-corrected chi connectivity index (χ3v) is 3.89. The lowest BCUT2D eigenvalue weighted by molar-refractivity contribution is -0.120. The number of carbonyl (C=O) groups excluding carboxylic acids is 1. The molecule has 0 aliphatic carbocycles. The van der Waals surface area contributed by atoms with Gasteiger partial charge in [0.05, 0.1) is 12.7 Å². The fourth-order valence-corrected chi connectivity index (χ4v) is 2.56. The summed E-state index contributed by atoms with van der Waals surface area (Å²) >= 11 is 6.08. The number of furan rings is 1. The molecule has 0 fully saturated rings. The van der Waals surface area contributed by atoms with Gasteiger partial charge in [-0.2, -0.15) is 5.10 Å². The molecule has 6 heteroatoms. The SMILES string of the molecule is O=C(Cc1ccccc1Cl)NCC(c1ccco1)n1cccn1. The highest BCUT2D eigenvalue weighted by atomic mass is 35.5. The molecule has 0 saturated carbocycles. The summed E-state index contributed by atoms with van der Waals surface area (Å²) in [5, 5.41) is 7.74. The number of carbonyl (C=O) groups is 1. The molecule has 118 valence electrons. The van der Waals surface area contributed by atoms with Crippen molar-refractivity contribution < 1.29 is 9.21 Å². The van der Waals surface area contributed by atoms with Crippen LogP contribution in [-0.4, -0.2) is 22.2 Å². The maximum Gasteiger partial charge on any atom is 0.224 e. The number of rotatable bonds is 6. The quantitative estimate of drug-likeness (QED) is 0.756. The Morgan fingerprint density at radius 1 is 1.26 bits per heavy atom. The molecule has 2 aromatic heterocycles. The minimum absolute atomic E-state index is 0.0955. The van der Waals surface area contributed by atoms with Gasteiger partial charge in [-0.1, -0.05) is 29.8 Å². The second kappa shape index (κ2) is 7.15. The number of hydrogen-bond acceptors (Lipinski definition) is 3. The Hall–Kier alpha value is -2.53. The second-order valence-electron chi connectivity index (χ2n) is 5.09. The number of aromatic nitrogens is 2. The third kappa shape index (κ3) is 3.81. The molecule has 0 saturated heterocycles. The van der Waals surface area contributed by atoms with E-state index in [2.05, 4.69) is 10.4 Å². The molecular weight excluding hydrogens is 314 g/mol. The van der Waals surface area contributed by atoms with E-state index >= 15 is 0 Å². The van der Waals surface area contributed by atoms with Crippen molar-refractivity contribution in [2.45, 2.75) is 12.5 Å². The monoisotopic (exact) mass is 329 g/mol. The summed E-state index contributed by atoms with van der Waals surface area (Å²) < 4.78 is 7.21. The largest absolute Gasteiger partial charge is 0.467 e. The number of benzene rings is 1. The molecule has 23 heavy (non-hydrogen) atoms. The highest BCUT2D eigenvalue weighted by molar-refractivity contribution is 6.31. The van der Waals surface area contributed by atoms with Crippen LogP contribution in [0.15, 0.2) is 65.5 Å². The molecular formula is C17H16ClN3O2. The van der Waals surface area contributed by atoms with Crippen LogP contribution in [0.3, 0.4) is 0 Å². The fraction of sp³-hybridized carbons (Fsp3) is 0.176. The van der Waals surface area contributed by atoms with Crippen LogP contribution in [0.5, 0.6) is 0 Å². The first kappa shape index (κ1) is 15.4. The summed E-state index contributed by atoms with van der Waals surface area (Å²) in [6.45, 7) is 0.387.